The maximum absolute atomic E-state index is 6.14. The Kier molecular flexibility index (Phi) is 5.17. The van der Waals surface area contributed by atoms with Crippen LogP contribution in [0.5, 0.6) is 0 Å². The van der Waals surface area contributed by atoms with Crippen LogP contribution >= 0.6 is 0 Å². The molecule has 0 radical (unpaired) electrons. The van der Waals surface area contributed by atoms with E-state index in [1.807, 2.05) is 54.6 Å². The third-order valence-electron chi connectivity index (χ3n) is 3.42. The minimum atomic E-state index is 0.845. The molecule has 0 saturated heterocycles. The van der Waals surface area contributed by atoms with Crippen LogP contribution in [0.4, 0.5) is 0 Å². The van der Waals surface area contributed by atoms with Crippen molar-refractivity contribution in [3.05, 3.63) is 95.6 Å². The van der Waals surface area contributed by atoms with Crippen molar-refractivity contribution in [3.63, 3.8) is 0 Å². The Morgan fingerprint density at radius 1 is 0.870 bits per heavy atom. The SMILES string of the molecule is CO[C](=[W])C=C1C=C(c2ccccc2)OC(c2ccccc2)=C1. The fourth-order valence-electron chi connectivity index (χ4n) is 2.29. The van der Waals surface area contributed by atoms with Crippen molar-refractivity contribution < 1.29 is 28.8 Å². The average molecular weight is 472 g/mol. The first-order valence-corrected chi connectivity index (χ1v) is 8.74. The minimum absolute atomic E-state index is 0.845. The monoisotopic (exact) mass is 472 g/mol. The topological polar surface area (TPSA) is 18.5 Å². The third-order valence-corrected chi connectivity index (χ3v) is 4.44. The number of ether oxygens (including phenoxy) is 2. The molecular weight excluding hydrogens is 456 g/mol. The summed E-state index contributed by atoms with van der Waals surface area (Å²) in [5, 5.41) is 0. The number of benzene rings is 2. The fraction of sp³-hybridized carbons (Fsp3) is 0.0500. The molecule has 23 heavy (non-hydrogen) atoms. The molecule has 2 aromatic rings. The number of rotatable bonds is 4. The molecule has 0 saturated carbocycles. The zero-order valence-corrected chi connectivity index (χ0v) is 15.7. The van der Waals surface area contributed by atoms with Crippen LogP contribution in [0.3, 0.4) is 0 Å². The van der Waals surface area contributed by atoms with Gasteiger partial charge in [0.15, 0.2) is 0 Å². The van der Waals surface area contributed by atoms with E-state index in [1.165, 1.54) is 19.4 Å². The van der Waals surface area contributed by atoms with Gasteiger partial charge in [0.1, 0.15) is 0 Å². The molecule has 0 fully saturated rings. The summed E-state index contributed by atoms with van der Waals surface area (Å²) < 4.78 is 12.4. The molecule has 1 heterocycles. The summed E-state index contributed by atoms with van der Waals surface area (Å²) in [5.41, 5.74) is 3.19. The van der Waals surface area contributed by atoms with Crippen LogP contribution in [0.2, 0.25) is 0 Å². The predicted molar refractivity (Wildman–Crippen MR) is 90.0 cm³/mol. The molecule has 1 aliphatic heterocycles. The quantitative estimate of drug-likeness (QED) is 0.660. The van der Waals surface area contributed by atoms with Gasteiger partial charge >= 0.3 is 147 Å². The molecule has 0 aromatic heterocycles. The van der Waals surface area contributed by atoms with Crippen molar-refractivity contribution in [1.82, 2.24) is 0 Å². The summed E-state index contributed by atoms with van der Waals surface area (Å²) in [6.45, 7) is 0. The Balaban J connectivity index is 2.02. The Labute approximate surface area is 147 Å². The van der Waals surface area contributed by atoms with Gasteiger partial charge in [-0.25, -0.2) is 0 Å². The van der Waals surface area contributed by atoms with Crippen molar-refractivity contribution >= 4 is 15.6 Å². The van der Waals surface area contributed by atoms with Gasteiger partial charge in [-0.15, -0.1) is 0 Å². The summed E-state index contributed by atoms with van der Waals surface area (Å²) in [6, 6.07) is 20.3. The first kappa shape index (κ1) is 15.9. The Morgan fingerprint density at radius 2 is 1.35 bits per heavy atom. The van der Waals surface area contributed by atoms with Gasteiger partial charge in [0, 0.05) is 0 Å². The first-order chi connectivity index (χ1) is 11.3. The average Bonchev–Trinajstić information content (AvgIpc) is 2.63. The zero-order chi connectivity index (χ0) is 16.1. The first-order valence-electron chi connectivity index (χ1n) is 7.28. The molecule has 2 nitrogen and oxygen atoms in total. The molecule has 0 amide bonds. The fourth-order valence-corrected chi connectivity index (χ4v) is 2.78. The predicted octanol–water partition coefficient (Wildman–Crippen LogP) is 4.35. The van der Waals surface area contributed by atoms with Crippen LogP contribution < -0.4 is 0 Å². The van der Waals surface area contributed by atoms with Crippen molar-refractivity contribution in [1.29, 1.82) is 0 Å². The van der Waals surface area contributed by atoms with E-state index in [-0.39, 0.29) is 0 Å². The van der Waals surface area contributed by atoms with Crippen molar-refractivity contribution in [2.45, 2.75) is 0 Å². The molecule has 0 N–H and O–H groups in total. The van der Waals surface area contributed by atoms with Crippen LogP contribution in [-0.2, 0) is 28.8 Å². The van der Waals surface area contributed by atoms with Gasteiger partial charge in [-0.1, -0.05) is 0 Å². The summed E-state index contributed by atoms with van der Waals surface area (Å²) in [5.74, 6) is 1.69. The molecule has 0 atom stereocenters. The van der Waals surface area contributed by atoms with E-state index >= 15 is 0 Å². The van der Waals surface area contributed by atoms with Gasteiger partial charge in [0.2, 0.25) is 0 Å². The Morgan fingerprint density at radius 3 is 1.78 bits per heavy atom. The van der Waals surface area contributed by atoms with Crippen molar-refractivity contribution in [2.24, 2.45) is 0 Å². The van der Waals surface area contributed by atoms with E-state index < -0.39 is 0 Å². The van der Waals surface area contributed by atoms with E-state index in [2.05, 4.69) is 24.3 Å². The van der Waals surface area contributed by atoms with Gasteiger partial charge < -0.3 is 0 Å². The van der Waals surface area contributed by atoms with Crippen LogP contribution in [-0.4, -0.2) is 11.2 Å². The van der Waals surface area contributed by atoms with E-state index in [4.69, 9.17) is 9.47 Å². The van der Waals surface area contributed by atoms with Crippen LogP contribution in [0.1, 0.15) is 11.1 Å². The molecule has 114 valence electrons. The molecule has 1 aliphatic rings. The van der Waals surface area contributed by atoms with Crippen molar-refractivity contribution in [3.8, 4) is 0 Å². The molecule has 0 aliphatic carbocycles. The van der Waals surface area contributed by atoms with Gasteiger partial charge in [-0.3, -0.25) is 0 Å². The maximum atomic E-state index is 6.14. The van der Waals surface area contributed by atoms with Crippen LogP contribution in [0, 0.1) is 0 Å². The van der Waals surface area contributed by atoms with Gasteiger partial charge in [-0.05, 0) is 0 Å². The molecular formula is C20H16O2W. The van der Waals surface area contributed by atoms with E-state index in [1.54, 1.807) is 7.11 Å². The molecule has 3 heteroatoms. The summed E-state index contributed by atoms with van der Waals surface area (Å²) in [4.78, 5) is 0. The second-order valence-electron chi connectivity index (χ2n) is 5.02. The summed E-state index contributed by atoms with van der Waals surface area (Å²) >= 11 is 1.30. The van der Waals surface area contributed by atoms with Gasteiger partial charge in [0.25, 0.3) is 0 Å². The normalized spacial score (nSPS) is 13.7. The standard InChI is InChI=1S/C20H16O2.W/c1-21-13-12-16-14-19(17-8-4-2-5-9-17)22-20(15-16)18-10-6-3-7-11-18;/h2-12,14-15H,1H3;. The van der Waals surface area contributed by atoms with E-state index in [9.17, 15) is 0 Å². The number of methoxy groups -OCH3 is 1. The molecule has 0 spiro atoms. The van der Waals surface area contributed by atoms with Crippen LogP contribution in [0.15, 0.2) is 84.5 Å². The molecule has 0 bridgehead atoms. The van der Waals surface area contributed by atoms with Gasteiger partial charge in [0.05, 0.1) is 0 Å². The number of hydrogen-bond donors (Lipinski definition) is 0. The zero-order valence-electron chi connectivity index (χ0n) is 12.7. The summed E-state index contributed by atoms with van der Waals surface area (Å²) in [7, 11) is 1.70. The van der Waals surface area contributed by atoms with Gasteiger partial charge in [-0.2, -0.15) is 0 Å². The number of hydrogen-bond acceptors (Lipinski definition) is 2. The second kappa shape index (κ2) is 7.50. The third kappa shape index (κ3) is 4.04. The molecule has 3 rings (SSSR count). The molecule has 2 aromatic carbocycles. The number of allylic oxidation sites excluding steroid dienone is 3. The van der Waals surface area contributed by atoms with Crippen LogP contribution in [0.25, 0.3) is 11.5 Å². The van der Waals surface area contributed by atoms with Crippen molar-refractivity contribution in [2.75, 3.05) is 7.11 Å². The van der Waals surface area contributed by atoms with E-state index in [0.717, 1.165) is 32.3 Å². The molecule has 0 unspecified atom stereocenters. The van der Waals surface area contributed by atoms with E-state index in [0.29, 0.717) is 0 Å². The summed E-state index contributed by atoms with van der Waals surface area (Å²) in [6.07, 6.45) is 6.14. The Bertz CT molecular complexity index is 729. The second-order valence-corrected chi connectivity index (χ2v) is 6.46. The Hall–Kier alpha value is -2.02.